The Hall–Kier alpha value is -2.12. The lowest BCUT2D eigenvalue weighted by Gasteiger charge is -2.31. The predicted molar refractivity (Wildman–Crippen MR) is 75.6 cm³/mol. The van der Waals surface area contributed by atoms with Crippen molar-refractivity contribution < 1.29 is 18.0 Å². The number of aromatic nitrogens is 3. The van der Waals surface area contributed by atoms with Gasteiger partial charge in [0.15, 0.2) is 5.65 Å². The van der Waals surface area contributed by atoms with Crippen LogP contribution in [-0.2, 0) is 23.9 Å². The molecule has 0 aliphatic carbocycles. The first kappa shape index (κ1) is 14.5. The Balaban J connectivity index is 1.68. The number of aryl methyl sites for hydroxylation is 1. The van der Waals surface area contributed by atoms with Crippen LogP contribution in [-0.4, -0.2) is 37.9 Å². The Kier molecular flexibility index (Phi) is 3.11. The first-order valence-electron chi connectivity index (χ1n) is 7.65. The number of pyridine rings is 1. The Morgan fingerprint density at radius 2 is 2.09 bits per heavy atom. The summed E-state index contributed by atoms with van der Waals surface area (Å²) in [7, 11) is 0. The highest BCUT2D eigenvalue weighted by molar-refractivity contribution is 5.78. The number of hydrogen-bond acceptors (Lipinski definition) is 3. The standard InChI is InChI=1S/C15H15F3N4O/c16-15(17,18)9-6-11-14(19-8-9)22-5-3-10(7-12(22)20-11)21-4-1-2-13(21)23/h6,8,10H,1-5,7H2. The molecule has 2 aliphatic rings. The quantitative estimate of drug-likeness (QED) is 0.809. The molecule has 0 spiro atoms. The van der Waals surface area contributed by atoms with E-state index in [9.17, 15) is 18.0 Å². The smallest absolute Gasteiger partial charge is 0.339 e. The summed E-state index contributed by atoms with van der Waals surface area (Å²) >= 11 is 0. The zero-order valence-electron chi connectivity index (χ0n) is 12.3. The fraction of sp³-hybridized carbons (Fsp3) is 0.533. The van der Waals surface area contributed by atoms with Crippen molar-refractivity contribution in [2.45, 2.75) is 44.4 Å². The van der Waals surface area contributed by atoms with E-state index in [1.807, 2.05) is 9.47 Å². The van der Waals surface area contributed by atoms with E-state index in [1.165, 1.54) is 0 Å². The van der Waals surface area contributed by atoms with E-state index in [4.69, 9.17) is 0 Å². The van der Waals surface area contributed by atoms with Crippen LogP contribution in [0.2, 0.25) is 0 Å². The van der Waals surface area contributed by atoms with Crippen molar-refractivity contribution in [3.05, 3.63) is 23.7 Å². The molecule has 8 heteroatoms. The van der Waals surface area contributed by atoms with Gasteiger partial charge in [-0.3, -0.25) is 4.79 Å². The molecule has 0 bridgehead atoms. The number of imidazole rings is 1. The lowest BCUT2D eigenvalue weighted by Crippen LogP contribution is -2.41. The predicted octanol–water partition coefficient (Wildman–Crippen LogP) is 2.39. The van der Waals surface area contributed by atoms with Crippen molar-refractivity contribution in [1.29, 1.82) is 0 Å². The lowest BCUT2D eigenvalue weighted by atomic mass is 10.0. The topological polar surface area (TPSA) is 51.0 Å². The number of fused-ring (bicyclic) bond motifs is 3. The molecule has 2 aromatic heterocycles. The highest BCUT2D eigenvalue weighted by Crippen LogP contribution is 2.32. The number of halogens is 3. The number of rotatable bonds is 1. The molecule has 4 heterocycles. The van der Waals surface area contributed by atoms with Crippen LogP contribution in [0, 0.1) is 0 Å². The zero-order valence-corrected chi connectivity index (χ0v) is 12.3. The Labute approximate surface area is 130 Å². The Morgan fingerprint density at radius 3 is 2.78 bits per heavy atom. The van der Waals surface area contributed by atoms with Crippen LogP contribution in [0.1, 0.15) is 30.7 Å². The summed E-state index contributed by atoms with van der Waals surface area (Å²) < 4.78 is 40.2. The number of alkyl halides is 3. The van der Waals surface area contributed by atoms with Crippen LogP contribution in [0.3, 0.4) is 0 Å². The molecular formula is C15H15F3N4O. The first-order chi connectivity index (χ1) is 10.9. The summed E-state index contributed by atoms with van der Waals surface area (Å²) in [5.74, 6) is 0.875. The largest absolute Gasteiger partial charge is 0.417 e. The van der Waals surface area contributed by atoms with E-state index in [0.717, 1.165) is 31.6 Å². The molecule has 1 amide bonds. The summed E-state index contributed by atoms with van der Waals surface area (Å²) in [6, 6.07) is 1.14. The van der Waals surface area contributed by atoms with Gasteiger partial charge in [-0.2, -0.15) is 13.2 Å². The van der Waals surface area contributed by atoms with Crippen LogP contribution in [0.25, 0.3) is 11.2 Å². The third-order valence-corrected chi connectivity index (χ3v) is 4.65. The van der Waals surface area contributed by atoms with Gasteiger partial charge in [-0.25, -0.2) is 9.97 Å². The van der Waals surface area contributed by atoms with Gasteiger partial charge in [0, 0.05) is 38.2 Å². The van der Waals surface area contributed by atoms with E-state index >= 15 is 0 Å². The van der Waals surface area contributed by atoms with E-state index in [2.05, 4.69) is 9.97 Å². The van der Waals surface area contributed by atoms with Gasteiger partial charge in [-0.1, -0.05) is 0 Å². The molecule has 0 radical (unpaired) electrons. The van der Waals surface area contributed by atoms with Crippen molar-refractivity contribution in [3.8, 4) is 0 Å². The molecule has 2 aliphatic heterocycles. The third-order valence-electron chi connectivity index (χ3n) is 4.65. The minimum Gasteiger partial charge on any atom is -0.339 e. The molecule has 0 aromatic carbocycles. The summed E-state index contributed by atoms with van der Waals surface area (Å²) in [5, 5.41) is 0. The molecule has 1 unspecified atom stereocenters. The molecule has 0 N–H and O–H groups in total. The maximum atomic E-state index is 12.8. The average molecular weight is 324 g/mol. The number of carbonyl (C=O) groups is 1. The number of nitrogens with zero attached hydrogens (tertiary/aromatic N) is 4. The van der Waals surface area contributed by atoms with Gasteiger partial charge in [0.05, 0.1) is 5.56 Å². The molecule has 1 fully saturated rings. The Morgan fingerprint density at radius 1 is 1.26 bits per heavy atom. The zero-order chi connectivity index (χ0) is 16.2. The fourth-order valence-electron chi connectivity index (χ4n) is 3.52. The van der Waals surface area contributed by atoms with Crippen LogP contribution in [0.5, 0.6) is 0 Å². The van der Waals surface area contributed by atoms with Crippen molar-refractivity contribution in [2.24, 2.45) is 0 Å². The second kappa shape index (κ2) is 4.94. The maximum absolute atomic E-state index is 12.8. The van der Waals surface area contributed by atoms with Gasteiger partial charge in [-0.05, 0) is 18.9 Å². The maximum Gasteiger partial charge on any atom is 0.417 e. The molecule has 1 atom stereocenters. The van der Waals surface area contributed by atoms with Gasteiger partial charge < -0.3 is 9.47 Å². The van der Waals surface area contributed by atoms with Crippen LogP contribution in [0.15, 0.2) is 12.3 Å². The molecular weight excluding hydrogens is 309 g/mol. The number of likely N-dealkylation sites (tertiary alicyclic amines) is 1. The molecule has 23 heavy (non-hydrogen) atoms. The summed E-state index contributed by atoms with van der Waals surface area (Å²) in [6.45, 7) is 1.39. The second-order valence-electron chi connectivity index (χ2n) is 6.08. The van der Waals surface area contributed by atoms with Crippen molar-refractivity contribution in [3.63, 3.8) is 0 Å². The second-order valence-corrected chi connectivity index (χ2v) is 6.08. The molecule has 122 valence electrons. The van der Waals surface area contributed by atoms with Crippen LogP contribution in [0.4, 0.5) is 13.2 Å². The lowest BCUT2D eigenvalue weighted by molar-refractivity contribution is -0.137. The van der Waals surface area contributed by atoms with E-state index in [-0.39, 0.29) is 17.5 Å². The molecule has 5 nitrogen and oxygen atoms in total. The normalized spacial score (nSPS) is 22.0. The number of carbonyl (C=O) groups excluding carboxylic acids is 1. The number of hydrogen-bond donors (Lipinski definition) is 0. The molecule has 2 aromatic rings. The third kappa shape index (κ3) is 2.36. The van der Waals surface area contributed by atoms with E-state index < -0.39 is 11.7 Å². The SMILES string of the molecule is O=C1CCCN1C1CCn2c(nc3cc(C(F)(F)F)cnc32)C1. The first-order valence-corrected chi connectivity index (χ1v) is 7.65. The van der Waals surface area contributed by atoms with Gasteiger partial charge in [0.2, 0.25) is 5.91 Å². The van der Waals surface area contributed by atoms with Crippen LogP contribution >= 0.6 is 0 Å². The monoisotopic (exact) mass is 324 g/mol. The van der Waals surface area contributed by atoms with Gasteiger partial charge in [-0.15, -0.1) is 0 Å². The van der Waals surface area contributed by atoms with E-state index in [0.29, 0.717) is 30.9 Å². The molecule has 1 saturated heterocycles. The average Bonchev–Trinajstić information content (AvgIpc) is 3.07. The van der Waals surface area contributed by atoms with Gasteiger partial charge in [0.25, 0.3) is 0 Å². The van der Waals surface area contributed by atoms with Crippen LogP contribution < -0.4 is 0 Å². The molecule has 0 saturated carbocycles. The van der Waals surface area contributed by atoms with Crippen molar-refractivity contribution in [2.75, 3.05) is 6.54 Å². The summed E-state index contributed by atoms with van der Waals surface area (Å²) in [6.07, 6.45) is -0.745. The van der Waals surface area contributed by atoms with Crippen molar-refractivity contribution in [1.82, 2.24) is 19.4 Å². The highest BCUT2D eigenvalue weighted by Gasteiger charge is 2.34. The minimum atomic E-state index is -4.42. The molecule has 4 rings (SSSR count). The number of amides is 1. The fourth-order valence-corrected chi connectivity index (χ4v) is 3.52. The van der Waals surface area contributed by atoms with E-state index in [1.54, 1.807) is 0 Å². The summed E-state index contributed by atoms with van der Waals surface area (Å²) in [4.78, 5) is 22.1. The van der Waals surface area contributed by atoms with Gasteiger partial charge >= 0.3 is 6.18 Å². The van der Waals surface area contributed by atoms with Gasteiger partial charge in [0.1, 0.15) is 11.3 Å². The van der Waals surface area contributed by atoms with Crippen molar-refractivity contribution >= 4 is 17.1 Å². The Bertz CT molecular complexity index is 783. The summed E-state index contributed by atoms with van der Waals surface area (Å²) in [5.41, 5.74) is -0.0332. The minimum absolute atomic E-state index is 0.0939. The highest BCUT2D eigenvalue weighted by atomic mass is 19.4.